The number of nitrogens with one attached hydrogen (secondary N) is 1. The van der Waals surface area contributed by atoms with Crippen LogP contribution in [0.3, 0.4) is 0 Å². The van der Waals surface area contributed by atoms with Gasteiger partial charge in [-0.2, -0.15) is 4.37 Å². The summed E-state index contributed by atoms with van der Waals surface area (Å²) in [6.07, 6.45) is 1.98. The van der Waals surface area contributed by atoms with Gasteiger partial charge >= 0.3 is 6.03 Å². The number of nitrogens with zero attached hydrogens (tertiary/aromatic N) is 3. The summed E-state index contributed by atoms with van der Waals surface area (Å²) in [5, 5.41) is 5.87. The quantitative estimate of drug-likeness (QED) is 0.798. The van der Waals surface area contributed by atoms with Gasteiger partial charge in [-0.1, -0.05) is 6.07 Å². The highest BCUT2D eigenvalue weighted by molar-refractivity contribution is 7.03. The highest BCUT2D eigenvalue weighted by atomic mass is 32.1. The normalized spacial score (nSPS) is 10.7. The van der Waals surface area contributed by atoms with Gasteiger partial charge in [0.15, 0.2) is 0 Å². The van der Waals surface area contributed by atoms with E-state index in [2.05, 4.69) is 9.69 Å². The Morgan fingerprint density at radius 3 is 3.04 bits per heavy atom. The maximum absolute atomic E-state index is 12.4. The molecule has 6 nitrogen and oxygen atoms in total. The van der Waals surface area contributed by atoms with Crippen LogP contribution in [0.15, 0.2) is 35.8 Å². The molecule has 120 valence electrons. The number of urea groups is 1. The van der Waals surface area contributed by atoms with E-state index in [4.69, 9.17) is 4.74 Å². The lowest BCUT2D eigenvalue weighted by Crippen LogP contribution is -2.30. The minimum Gasteiger partial charge on any atom is -0.480 e. The number of aryl methyl sites for hydroxylation is 1. The Morgan fingerprint density at radius 2 is 2.26 bits per heavy atom. The second kappa shape index (κ2) is 6.29. The molecular formula is C16H18N4O2S. The van der Waals surface area contributed by atoms with E-state index < -0.39 is 0 Å². The van der Waals surface area contributed by atoms with Crippen molar-refractivity contribution in [1.82, 2.24) is 13.8 Å². The topological polar surface area (TPSA) is 59.4 Å². The number of methoxy groups -OCH3 is 1. The molecule has 3 aromatic rings. The summed E-state index contributed by atoms with van der Waals surface area (Å²) in [6, 6.07) is 7.69. The lowest BCUT2D eigenvalue weighted by molar-refractivity contribution is 0.220. The molecule has 0 unspecified atom stereocenters. The molecule has 3 rings (SSSR count). The molecule has 0 atom stereocenters. The summed E-state index contributed by atoms with van der Waals surface area (Å²) in [7, 11) is 5.31. The molecule has 0 bridgehead atoms. The number of carbonyl (C=O) groups is 1. The third-order valence-electron chi connectivity index (χ3n) is 3.72. The minimum atomic E-state index is -0.172. The zero-order valence-electron chi connectivity index (χ0n) is 13.2. The smallest absolute Gasteiger partial charge is 0.321 e. The first-order valence-corrected chi connectivity index (χ1v) is 7.97. The van der Waals surface area contributed by atoms with Gasteiger partial charge in [-0.25, -0.2) is 4.79 Å². The third kappa shape index (κ3) is 3.00. The van der Waals surface area contributed by atoms with Crippen LogP contribution >= 0.6 is 11.5 Å². The second-order valence-corrected chi connectivity index (χ2v) is 5.93. The van der Waals surface area contributed by atoms with Crippen molar-refractivity contribution in [3.8, 4) is 5.88 Å². The van der Waals surface area contributed by atoms with E-state index in [1.54, 1.807) is 19.1 Å². The van der Waals surface area contributed by atoms with Crippen LogP contribution in [0, 0.1) is 0 Å². The van der Waals surface area contributed by atoms with E-state index in [-0.39, 0.29) is 6.03 Å². The number of aromatic nitrogens is 2. The van der Waals surface area contributed by atoms with Crippen molar-refractivity contribution in [2.75, 3.05) is 19.5 Å². The average Bonchev–Trinajstić information content (AvgIpc) is 3.15. The second-order valence-electron chi connectivity index (χ2n) is 5.30. The first kappa shape index (κ1) is 15.4. The van der Waals surface area contributed by atoms with Gasteiger partial charge in [-0.05, 0) is 29.7 Å². The van der Waals surface area contributed by atoms with E-state index in [1.165, 1.54) is 11.5 Å². The fourth-order valence-corrected chi connectivity index (χ4v) is 3.11. The highest BCUT2D eigenvalue weighted by Gasteiger charge is 2.15. The molecule has 23 heavy (non-hydrogen) atoms. The van der Waals surface area contributed by atoms with Gasteiger partial charge in [0.1, 0.15) is 0 Å². The van der Waals surface area contributed by atoms with Gasteiger partial charge < -0.3 is 19.5 Å². The zero-order valence-corrected chi connectivity index (χ0v) is 14.1. The van der Waals surface area contributed by atoms with E-state index in [1.807, 2.05) is 47.5 Å². The fourth-order valence-electron chi connectivity index (χ4n) is 2.47. The molecule has 0 aliphatic carbocycles. The summed E-state index contributed by atoms with van der Waals surface area (Å²) in [5.74, 6) is 0.569. The molecule has 2 heterocycles. The molecule has 7 heteroatoms. The molecule has 0 saturated carbocycles. The van der Waals surface area contributed by atoms with E-state index in [9.17, 15) is 4.79 Å². The molecule has 0 saturated heterocycles. The number of hydrogen-bond acceptors (Lipinski definition) is 4. The number of rotatable bonds is 4. The Hall–Kier alpha value is -2.54. The maximum atomic E-state index is 12.4. The van der Waals surface area contributed by atoms with Crippen molar-refractivity contribution in [1.29, 1.82) is 0 Å². The summed E-state index contributed by atoms with van der Waals surface area (Å²) < 4.78 is 11.3. The van der Waals surface area contributed by atoms with Gasteiger partial charge in [0.05, 0.1) is 19.3 Å². The lowest BCUT2D eigenvalue weighted by atomic mass is 10.2. The predicted molar refractivity (Wildman–Crippen MR) is 92.1 cm³/mol. The van der Waals surface area contributed by atoms with Crippen LogP contribution in [-0.4, -0.2) is 34.0 Å². The molecule has 0 fully saturated rings. The maximum Gasteiger partial charge on any atom is 0.321 e. The van der Waals surface area contributed by atoms with Crippen molar-refractivity contribution >= 4 is 34.2 Å². The van der Waals surface area contributed by atoms with Gasteiger partial charge in [0.2, 0.25) is 5.88 Å². The van der Waals surface area contributed by atoms with Gasteiger partial charge in [-0.3, -0.25) is 0 Å². The van der Waals surface area contributed by atoms with Crippen molar-refractivity contribution in [2.24, 2.45) is 7.05 Å². The molecular weight excluding hydrogens is 312 g/mol. The van der Waals surface area contributed by atoms with Gasteiger partial charge in [0, 0.05) is 42.1 Å². The Bertz CT molecular complexity index is 840. The molecule has 0 radical (unpaired) electrons. The number of anilines is 1. The van der Waals surface area contributed by atoms with E-state index >= 15 is 0 Å². The van der Waals surface area contributed by atoms with Crippen molar-refractivity contribution in [2.45, 2.75) is 6.54 Å². The Morgan fingerprint density at radius 1 is 1.43 bits per heavy atom. The average molecular weight is 330 g/mol. The number of carbonyl (C=O) groups excluding carboxylic acids is 1. The molecule has 0 spiro atoms. The number of amides is 2. The van der Waals surface area contributed by atoms with E-state index in [0.717, 1.165) is 22.2 Å². The highest BCUT2D eigenvalue weighted by Crippen LogP contribution is 2.25. The summed E-state index contributed by atoms with van der Waals surface area (Å²) in [4.78, 5) is 14.0. The van der Waals surface area contributed by atoms with Crippen LogP contribution in [0.25, 0.3) is 10.9 Å². The summed E-state index contributed by atoms with van der Waals surface area (Å²) >= 11 is 1.32. The van der Waals surface area contributed by atoms with E-state index in [0.29, 0.717) is 12.4 Å². The SMILES string of the molecule is COc1nscc1CN(C)C(=O)Nc1cccc2c1ccn2C. The molecule has 0 aliphatic rings. The van der Waals surface area contributed by atoms with Crippen molar-refractivity contribution in [3.05, 3.63) is 41.4 Å². The standard InChI is InChI=1S/C16H18N4O2S/c1-19-8-7-12-13(5-4-6-14(12)19)17-16(21)20(2)9-11-10-23-18-15(11)22-3/h4-8,10H,9H2,1-3H3,(H,17,21). The monoisotopic (exact) mass is 330 g/mol. The van der Waals surface area contributed by atoms with Crippen molar-refractivity contribution < 1.29 is 9.53 Å². The molecule has 2 aromatic heterocycles. The van der Waals surface area contributed by atoms with Crippen LogP contribution in [0.5, 0.6) is 5.88 Å². The largest absolute Gasteiger partial charge is 0.480 e. The number of benzene rings is 1. The van der Waals surface area contributed by atoms with Crippen molar-refractivity contribution in [3.63, 3.8) is 0 Å². The van der Waals surface area contributed by atoms with Gasteiger partial charge in [0.25, 0.3) is 0 Å². The molecule has 1 N–H and O–H groups in total. The Balaban J connectivity index is 1.75. The summed E-state index contributed by atoms with van der Waals surface area (Å²) in [5.41, 5.74) is 2.78. The first-order valence-electron chi connectivity index (χ1n) is 7.13. The Labute approximate surface area is 138 Å². The predicted octanol–water partition coefficient (Wildman–Crippen LogP) is 3.31. The molecule has 2 amide bonds. The number of hydrogen-bond donors (Lipinski definition) is 1. The lowest BCUT2D eigenvalue weighted by Gasteiger charge is -2.18. The van der Waals surface area contributed by atoms with Crippen LogP contribution < -0.4 is 10.1 Å². The van der Waals surface area contributed by atoms with Crippen LogP contribution in [0.4, 0.5) is 10.5 Å². The third-order valence-corrected chi connectivity index (χ3v) is 4.38. The van der Waals surface area contributed by atoms with Crippen LogP contribution in [-0.2, 0) is 13.6 Å². The number of fused-ring (bicyclic) bond motifs is 1. The minimum absolute atomic E-state index is 0.172. The fraction of sp³-hybridized carbons (Fsp3) is 0.250. The van der Waals surface area contributed by atoms with Crippen LogP contribution in [0.1, 0.15) is 5.56 Å². The zero-order chi connectivity index (χ0) is 16.4. The summed E-state index contributed by atoms with van der Waals surface area (Å²) in [6.45, 7) is 0.441. The Kier molecular flexibility index (Phi) is 4.20. The van der Waals surface area contributed by atoms with Crippen LogP contribution in [0.2, 0.25) is 0 Å². The number of ether oxygens (including phenoxy) is 1. The molecule has 0 aliphatic heterocycles. The molecule has 1 aromatic carbocycles. The first-order chi connectivity index (χ1) is 11.1. The van der Waals surface area contributed by atoms with Gasteiger partial charge in [-0.15, -0.1) is 0 Å².